The number of rotatable bonds is 3. The van der Waals surface area contributed by atoms with Crippen molar-refractivity contribution in [3.8, 4) is 0 Å². The van der Waals surface area contributed by atoms with Crippen LogP contribution in [0.25, 0.3) is 0 Å². The van der Waals surface area contributed by atoms with Crippen molar-refractivity contribution in [2.45, 2.75) is 33.1 Å². The van der Waals surface area contributed by atoms with Crippen molar-refractivity contribution in [3.63, 3.8) is 0 Å². The minimum absolute atomic E-state index is 0.313. The van der Waals surface area contributed by atoms with Crippen molar-refractivity contribution >= 4 is 28.2 Å². The first-order valence-electron chi connectivity index (χ1n) is 7.47. The van der Waals surface area contributed by atoms with Crippen LogP contribution in [-0.4, -0.2) is 24.1 Å². The van der Waals surface area contributed by atoms with E-state index in [9.17, 15) is 9.59 Å². The molecule has 1 amide bonds. The molecule has 0 aliphatic heterocycles. The summed E-state index contributed by atoms with van der Waals surface area (Å²) in [6, 6.07) is 1.70. The van der Waals surface area contributed by atoms with E-state index in [1.807, 2.05) is 6.92 Å². The number of methoxy groups -OCH3 is 1. The molecule has 0 saturated carbocycles. The molecule has 0 saturated heterocycles. The molecule has 2 aromatic rings. The molecular weight excluding hydrogens is 316 g/mol. The summed E-state index contributed by atoms with van der Waals surface area (Å²) >= 11 is 1.33. The van der Waals surface area contributed by atoms with E-state index in [0.29, 0.717) is 22.2 Å². The number of hydrogen-bond acceptors (Lipinski definition) is 6. The van der Waals surface area contributed by atoms with Crippen molar-refractivity contribution in [1.29, 1.82) is 0 Å². The average Bonchev–Trinajstić information content (AvgIpc) is 3.09. The largest absolute Gasteiger partial charge is 0.465 e. The zero-order valence-electron chi connectivity index (χ0n) is 13.3. The second kappa shape index (κ2) is 6.16. The number of thiophene rings is 1. The summed E-state index contributed by atoms with van der Waals surface area (Å²) in [6.45, 7) is 4.02. The molecule has 3 rings (SSSR count). The molecule has 0 aromatic carbocycles. The van der Waals surface area contributed by atoms with Gasteiger partial charge in [0.25, 0.3) is 5.91 Å². The molecule has 0 radical (unpaired) electrons. The van der Waals surface area contributed by atoms with E-state index in [4.69, 9.17) is 9.26 Å². The molecule has 7 heteroatoms. The molecule has 1 N–H and O–H groups in total. The third-order valence-corrected chi connectivity index (χ3v) is 4.95. The van der Waals surface area contributed by atoms with Gasteiger partial charge in [-0.25, -0.2) is 4.79 Å². The molecule has 23 heavy (non-hydrogen) atoms. The minimum Gasteiger partial charge on any atom is -0.465 e. The van der Waals surface area contributed by atoms with E-state index in [1.165, 1.54) is 18.4 Å². The van der Waals surface area contributed by atoms with Gasteiger partial charge in [0.15, 0.2) is 5.69 Å². The summed E-state index contributed by atoms with van der Waals surface area (Å²) < 4.78 is 10.0. The van der Waals surface area contributed by atoms with Gasteiger partial charge < -0.3 is 14.6 Å². The van der Waals surface area contributed by atoms with Gasteiger partial charge in [-0.15, -0.1) is 11.3 Å². The van der Waals surface area contributed by atoms with E-state index in [-0.39, 0.29) is 5.91 Å². The van der Waals surface area contributed by atoms with Crippen molar-refractivity contribution in [2.24, 2.45) is 5.92 Å². The van der Waals surface area contributed by atoms with E-state index >= 15 is 0 Å². The van der Waals surface area contributed by atoms with Crippen LogP contribution in [0.1, 0.15) is 50.4 Å². The summed E-state index contributed by atoms with van der Waals surface area (Å²) in [4.78, 5) is 25.3. The average molecular weight is 334 g/mol. The van der Waals surface area contributed by atoms with Gasteiger partial charge in [0.05, 0.1) is 12.7 Å². The highest BCUT2D eigenvalue weighted by Crippen LogP contribution is 2.31. The monoisotopic (exact) mass is 334 g/mol. The molecule has 6 nitrogen and oxygen atoms in total. The van der Waals surface area contributed by atoms with Crippen molar-refractivity contribution in [3.05, 3.63) is 33.5 Å². The molecule has 2 aromatic heterocycles. The van der Waals surface area contributed by atoms with E-state index in [1.54, 1.807) is 6.07 Å². The summed E-state index contributed by atoms with van der Waals surface area (Å²) in [5, 5.41) is 7.17. The van der Waals surface area contributed by atoms with Crippen LogP contribution < -0.4 is 5.32 Å². The van der Waals surface area contributed by atoms with Gasteiger partial charge in [0.1, 0.15) is 10.8 Å². The Kier molecular flexibility index (Phi) is 4.21. The topological polar surface area (TPSA) is 81.4 Å². The SMILES string of the molecule is COC(=O)c1cc(C)sc1NC(=O)c1noc2c1C[C@@H](C)CC2. The smallest absolute Gasteiger partial charge is 0.340 e. The Morgan fingerprint density at radius 3 is 3.00 bits per heavy atom. The summed E-state index contributed by atoms with van der Waals surface area (Å²) in [6.07, 6.45) is 2.64. The van der Waals surface area contributed by atoms with Crippen molar-refractivity contribution in [2.75, 3.05) is 12.4 Å². The number of fused-ring (bicyclic) bond motifs is 1. The van der Waals surface area contributed by atoms with Gasteiger partial charge in [0, 0.05) is 16.9 Å². The van der Waals surface area contributed by atoms with Crippen LogP contribution >= 0.6 is 11.3 Å². The number of aromatic nitrogens is 1. The van der Waals surface area contributed by atoms with Crippen LogP contribution in [0.4, 0.5) is 5.00 Å². The summed E-state index contributed by atoms with van der Waals surface area (Å²) in [5.41, 5.74) is 1.55. The van der Waals surface area contributed by atoms with Gasteiger partial charge in [-0.05, 0) is 31.7 Å². The zero-order chi connectivity index (χ0) is 16.6. The lowest BCUT2D eigenvalue weighted by Gasteiger charge is -2.16. The van der Waals surface area contributed by atoms with E-state index in [0.717, 1.165) is 35.5 Å². The number of nitrogens with zero attached hydrogens (tertiary/aromatic N) is 1. The van der Waals surface area contributed by atoms with Crippen LogP contribution in [0.15, 0.2) is 10.6 Å². The number of hydrogen-bond donors (Lipinski definition) is 1. The number of aryl methyl sites for hydroxylation is 2. The van der Waals surface area contributed by atoms with Crippen LogP contribution in [0.3, 0.4) is 0 Å². The third kappa shape index (κ3) is 3.01. The van der Waals surface area contributed by atoms with Gasteiger partial charge >= 0.3 is 5.97 Å². The lowest BCUT2D eigenvalue weighted by atomic mass is 9.88. The standard InChI is InChI=1S/C16H18N2O4S/c1-8-4-5-12-10(6-8)13(18-22-12)14(19)17-15-11(16(20)21-3)7-9(2)23-15/h7-8H,4-6H2,1-3H3,(H,17,19)/t8-/m0/s1. The number of carbonyl (C=O) groups excluding carboxylic acids is 2. The number of carbonyl (C=O) groups is 2. The number of nitrogens with one attached hydrogen (secondary N) is 1. The Hall–Kier alpha value is -2.15. The van der Waals surface area contributed by atoms with E-state index < -0.39 is 5.97 Å². The maximum atomic E-state index is 12.5. The maximum absolute atomic E-state index is 12.5. The summed E-state index contributed by atoms with van der Waals surface area (Å²) in [5.74, 6) is 0.475. The predicted octanol–water partition coefficient (Wildman–Crippen LogP) is 3.21. The predicted molar refractivity (Wildman–Crippen MR) is 86.0 cm³/mol. The Morgan fingerprint density at radius 2 is 2.26 bits per heavy atom. The lowest BCUT2D eigenvalue weighted by molar-refractivity contribution is 0.0602. The van der Waals surface area contributed by atoms with Crippen molar-refractivity contribution < 1.29 is 18.8 Å². The number of amides is 1. The van der Waals surface area contributed by atoms with Crippen LogP contribution in [-0.2, 0) is 17.6 Å². The Morgan fingerprint density at radius 1 is 1.48 bits per heavy atom. The molecule has 0 fully saturated rings. The third-order valence-electron chi connectivity index (χ3n) is 3.99. The molecule has 122 valence electrons. The molecule has 0 spiro atoms. The Bertz CT molecular complexity index is 762. The first-order valence-corrected chi connectivity index (χ1v) is 8.28. The maximum Gasteiger partial charge on any atom is 0.340 e. The fraction of sp³-hybridized carbons (Fsp3) is 0.438. The van der Waals surface area contributed by atoms with Crippen LogP contribution in [0.2, 0.25) is 0 Å². The van der Waals surface area contributed by atoms with Crippen molar-refractivity contribution in [1.82, 2.24) is 5.16 Å². The van der Waals surface area contributed by atoms with Gasteiger partial charge in [0.2, 0.25) is 0 Å². The van der Waals surface area contributed by atoms with E-state index in [2.05, 4.69) is 17.4 Å². The Balaban J connectivity index is 1.86. The molecule has 2 heterocycles. The number of anilines is 1. The highest BCUT2D eigenvalue weighted by Gasteiger charge is 2.28. The Labute approximate surface area is 137 Å². The van der Waals surface area contributed by atoms with Gasteiger partial charge in [-0.1, -0.05) is 12.1 Å². The zero-order valence-corrected chi connectivity index (χ0v) is 14.1. The lowest BCUT2D eigenvalue weighted by Crippen LogP contribution is -2.18. The first-order chi connectivity index (χ1) is 11.0. The number of ether oxygens (including phenoxy) is 1. The quantitative estimate of drug-likeness (QED) is 0.872. The fourth-order valence-corrected chi connectivity index (χ4v) is 3.68. The molecule has 0 bridgehead atoms. The fourth-order valence-electron chi connectivity index (χ4n) is 2.79. The normalized spacial score (nSPS) is 16.7. The number of esters is 1. The highest BCUT2D eigenvalue weighted by atomic mass is 32.1. The van der Waals surface area contributed by atoms with Crippen LogP contribution in [0, 0.1) is 12.8 Å². The molecule has 0 unspecified atom stereocenters. The van der Waals surface area contributed by atoms with Crippen LogP contribution in [0.5, 0.6) is 0 Å². The molecule has 1 aliphatic carbocycles. The minimum atomic E-state index is -0.472. The molecular formula is C16H18N2O4S. The highest BCUT2D eigenvalue weighted by molar-refractivity contribution is 7.16. The van der Waals surface area contributed by atoms with Gasteiger partial charge in [-0.3, -0.25) is 4.79 Å². The second-order valence-corrected chi connectivity index (χ2v) is 7.08. The second-order valence-electron chi connectivity index (χ2n) is 5.83. The first kappa shape index (κ1) is 15.7. The summed E-state index contributed by atoms with van der Waals surface area (Å²) in [7, 11) is 1.32. The molecule has 1 aliphatic rings. The van der Waals surface area contributed by atoms with Gasteiger partial charge in [-0.2, -0.15) is 0 Å². The molecule has 1 atom stereocenters.